The van der Waals surface area contributed by atoms with Crippen molar-refractivity contribution in [3.8, 4) is 0 Å². The average Bonchev–Trinajstić information content (AvgIpc) is 2.75. The summed E-state index contributed by atoms with van der Waals surface area (Å²) in [7, 11) is 2.06. The molecule has 0 unspecified atom stereocenters. The van der Waals surface area contributed by atoms with Gasteiger partial charge in [0.1, 0.15) is 0 Å². The van der Waals surface area contributed by atoms with Crippen molar-refractivity contribution in [3.63, 3.8) is 0 Å². The van der Waals surface area contributed by atoms with Gasteiger partial charge in [0.15, 0.2) is 0 Å². The summed E-state index contributed by atoms with van der Waals surface area (Å²) in [4.78, 5) is 12.1. The van der Waals surface area contributed by atoms with Gasteiger partial charge in [0, 0.05) is 23.6 Å². The maximum atomic E-state index is 12.1. The van der Waals surface area contributed by atoms with E-state index in [2.05, 4.69) is 30.7 Å². The van der Waals surface area contributed by atoms with Crippen molar-refractivity contribution in [3.05, 3.63) is 35.0 Å². The first kappa shape index (κ1) is 14.2. The van der Waals surface area contributed by atoms with Crippen molar-refractivity contribution in [1.29, 1.82) is 0 Å². The summed E-state index contributed by atoms with van der Waals surface area (Å²) in [6.45, 7) is 2.05. The van der Waals surface area contributed by atoms with Gasteiger partial charge in [-0.25, -0.2) is 0 Å². The van der Waals surface area contributed by atoms with Gasteiger partial charge >= 0.3 is 0 Å². The van der Waals surface area contributed by atoms with Gasteiger partial charge in [-0.05, 0) is 30.9 Å². The monoisotopic (exact) mass is 284 g/mol. The van der Waals surface area contributed by atoms with Crippen LogP contribution in [0.25, 0.3) is 10.9 Å². The van der Waals surface area contributed by atoms with Crippen molar-refractivity contribution in [1.82, 2.24) is 4.57 Å². The Labute approximate surface area is 126 Å². The Morgan fingerprint density at radius 1 is 1.29 bits per heavy atom. The quantitative estimate of drug-likeness (QED) is 0.917. The van der Waals surface area contributed by atoms with E-state index < -0.39 is 0 Å². The highest BCUT2D eigenvalue weighted by molar-refractivity contribution is 6.09. The number of amides is 1. The number of benzene rings is 1. The van der Waals surface area contributed by atoms with E-state index in [0.717, 1.165) is 34.1 Å². The summed E-state index contributed by atoms with van der Waals surface area (Å²) in [6, 6.07) is 6.19. The number of hydrogen-bond acceptors (Lipinski definition) is 1. The minimum atomic E-state index is -0.291. The molecule has 1 heterocycles. The first-order valence-electron chi connectivity index (χ1n) is 7.96. The van der Waals surface area contributed by atoms with Crippen LogP contribution in [0.4, 0.5) is 0 Å². The standard InChI is InChI=1S/C18H24N2O/c1-12-7-6-10-14-16(12)17(18(19)21)15(20(14)2)11-13-8-4-3-5-9-13/h6-7,10,13H,3-5,8-9,11H2,1-2H3,(H2,19,21). The fourth-order valence-electron chi connectivity index (χ4n) is 3.88. The first-order valence-corrected chi connectivity index (χ1v) is 7.96. The number of carbonyl (C=O) groups is 1. The third kappa shape index (κ3) is 2.45. The summed E-state index contributed by atoms with van der Waals surface area (Å²) < 4.78 is 2.18. The van der Waals surface area contributed by atoms with Crippen LogP contribution in [-0.4, -0.2) is 10.5 Å². The van der Waals surface area contributed by atoms with Gasteiger partial charge in [0.25, 0.3) is 5.91 Å². The second kappa shape index (κ2) is 5.55. The fraction of sp³-hybridized carbons (Fsp3) is 0.500. The molecule has 0 aliphatic heterocycles. The lowest BCUT2D eigenvalue weighted by molar-refractivity contribution is 0.100. The second-order valence-electron chi connectivity index (χ2n) is 6.42. The molecule has 0 spiro atoms. The lowest BCUT2D eigenvalue weighted by atomic mass is 9.85. The van der Waals surface area contributed by atoms with Crippen LogP contribution in [-0.2, 0) is 13.5 Å². The van der Waals surface area contributed by atoms with Crippen LogP contribution in [0, 0.1) is 12.8 Å². The Hall–Kier alpha value is -1.77. The van der Waals surface area contributed by atoms with E-state index in [1.165, 1.54) is 32.1 Å². The predicted molar refractivity (Wildman–Crippen MR) is 86.5 cm³/mol. The van der Waals surface area contributed by atoms with Crippen molar-refractivity contribution in [2.75, 3.05) is 0 Å². The second-order valence-corrected chi connectivity index (χ2v) is 6.42. The zero-order valence-corrected chi connectivity index (χ0v) is 13.0. The summed E-state index contributed by atoms with van der Waals surface area (Å²) in [6.07, 6.45) is 7.52. The molecule has 3 heteroatoms. The number of nitrogens with two attached hydrogens (primary N) is 1. The smallest absolute Gasteiger partial charge is 0.251 e. The van der Waals surface area contributed by atoms with Gasteiger partial charge in [-0.2, -0.15) is 0 Å². The molecule has 0 radical (unpaired) electrons. The molecule has 1 aliphatic carbocycles. The number of nitrogens with zero attached hydrogens (tertiary/aromatic N) is 1. The Balaban J connectivity index is 2.12. The Morgan fingerprint density at radius 2 is 2.00 bits per heavy atom. The average molecular weight is 284 g/mol. The minimum Gasteiger partial charge on any atom is -0.366 e. The van der Waals surface area contributed by atoms with Crippen molar-refractivity contribution in [2.45, 2.75) is 45.4 Å². The number of fused-ring (bicyclic) bond motifs is 1. The lowest BCUT2D eigenvalue weighted by Gasteiger charge is -2.22. The van der Waals surface area contributed by atoms with E-state index in [0.29, 0.717) is 5.92 Å². The molecular weight excluding hydrogens is 260 g/mol. The van der Waals surface area contributed by atoms with E-state index >= 15 is 0 Å². The molecule has 0 bridgehead atoms. The van der Waals surface area contributed by atoms with Crippen LogP contribution in [0.15, 0.2) is 18.2 Å². The largest absolute Gasteiger partial charge is 0.366 e. The highest BCUT2D eigenvalue weighted by Gasteiger charge is 2.23. The van der Waals surface area contributed by atoms with E-state index in [4.69, 9.17) is 5.73 Å². The molecule has 0 saturated heterocycles. The minimum absolute atomic E-state index is 0.291. The van der Waals surface area contributed by atoms with Gasteiger partial charge in [-0.3, -0.25) is 4.79 Å². The maximum absolute atomic E-state index is 12.1. The number of aryl methyl sites for hydroxylation is 2. The SMILES string of the molecule is Cc1cccc2c1c(C(N)=O)c(CC1CCCCC1)n2C. The highest BCUT2D eigenvalue weighted by atomic mass is 16.1. The predicted octanol–water partition coefficient (Wildman–Crippen LogP) is 3.71. The molecule has 112 valence electrons. The molecule has 3 nitrogen and oxygen atoms in total. The van der Waals surface area contributed by atoms with Crippen molar-refractivity contribution in [2.24, 2.45) is 18.7 Å². The molecule has 3 rings (SSSR count). The molecular formula is C18H24N2O. The molecule has 0 atom stereocenters. The summed E-state index contributed by atoms with van der Waals surface area (Å²) in [5.74, 6) is 0.404. The number of carbonyl (C=O) groups excluding carboxylic acids is 1. The topological polar surface area (TPSA) is 48.0 Å². The van der Waals surface area contributed by atoms with Crippen LogP contribution in [0.3, 0.4) is 0 Å². The van der Waals surface area contributed by atoms with E-state index in [9.17, 15) is 4.79 Å². The van der Waals surface area contributed by atoms with E-state index in [-0.39, 0.29) is 5.91 Å². The zero-order chi connectivity index (χ0) is 15.0. The summed E-state index contributed by atoms with van der Waals surface area (Å²) in [5.41, 5.74) is 9.84. The summed E-state index contributed by atoms with van der Waals surface area (Å²) in [5, 5.41) is 1.04. The fourth-order valence-corrected chi connectivity index (χ4v) is 3.88. The van der Waals surface area contributed by atoms with Gasteiger partial charge in [-0.1, -0.05) is 44.2 Å². The van der Waals surface area contributed by atoms with Crippen LogP contribution in [0.1, 0.15) is 53.7 Å². The number of hydrogen-bond donors (Lipinski definition) is 1. The molecule has 2 aromatic rings. The van der Waals surface area contributed by atoms with E-state index in [1.807, 2.05) is 6.07 Å². The van der Waals surface area contributed by atoms with Gasteiger partial charge in [0.05, 0.1) is 5.56 Å². The zero-order valence-electron chi connectivity index (χ0n) is 13.0. The van der Waals surface area contributed by atoms with Crippen molar-refractivity contribution >= 4 is 16.8 Å². The van der Waals surface area contributed by atoms with Crippen LogP contribution < -0.4 is 5.73 Å². The van der Waals surface area contributed by atoms with Crippen molar-refractivity contribution < 1.29 is 4.79 Å². The van der Waals surface area contributed by atoms with Gasteiger partial charge in [0.2, 0.25) is 0 Å². The van der Waals surface area contributed by atoms with Gasteiger partial charge < -0.3 is 10.3 Å². The van der Waals surface area contributed by atoms with E-state index in [1.54, 1.807) is 0 Å². The first-order chi connectivity index (χ1) is 10.1. The molecule has 1 saturated carbocycles. The number of aromatic nitrogens is 1. The van der Waals surface area contributed by atoms with Crippen LogP contribution in [0.2, 0.25) is 0 Å². The molecule has 1 aliphatic rings. The molecule has 2 N–H and O–H groups in total. The van der Waals surface area contributed by atoms with Crippen LogP contribution in [0.5, 0.6) is 0 Å². The van der Waals surface area contributed by atoms with Gasteiger partial charge in [-0.15, -0.1) is 0 Å². The van der Waals surface area contributed by atoms with Crippen LogP contribution >= 0.6 is 0 Å². The maximum Gasteiger partial charge on any atom is 0.251 e. The highest BCUT2D eigenvalue weighted by Crippen LogP contribution is 2.33. The molecule has 1 fully saturated rings. The number of rotatable bonds is 3. The Kier molecular flexibility index (Phi) is 3.75. The lowest BCUT2D eigenvalue weighted by Crippen LogP contribution is -2.18. The molecule has 1 aromatic heterocycles. The third-order valence-corrected chi connectivity index (χ3v) is 5.01. The molecule has 21 heavy (non-hydrogen) atoms. The normalized spacial score (nSPS) is 16.5. The third-order valence-electron chi connectivity index (χ3n) is 5.01. The Morgan fingerprint density at radius 3 is 2.67 bits per heavy atom. The molecule has 1 amide bonds. The Bertz CT molecular complexity index is 678. The molecule has 1 aromatic carbocycles. The summed E-state index contributed by atoms with van der Waals surface area (Å²) >= 11 is 0. The number of primary amides is 1.